The first kappa shape index (κ1) is 13.9. The molecule has 3 nitrogen and oxygen atoms in total. The van der Waals surface area contributed by atoms with Crippen LogP contribution in [-0.4, -0.2) is 12.0 Å². The molecule has 0 radical (unpaired) electrons. The third-order valence-corrected chi connectivity index (χ3v) is 3.28. The van der Waals surface area contributed by atoms with Crippen molar-refractivity contribution in [3.05, 3.63) is 52.4 Å². The lowest BCUT2D eigenvalue weighted by Gasteiger charge is -2.21. The first-order valence-electron chi connectivity index (χ1n) is 5.83. The molecule has 0 saturated carbocycles. The molecule has 0 spiro atoms. The van der Waals surface area contributed by atoms with Crippen LogP contribution in [0.2, 0.25) is 5.02 Å². The fourth-order valence-electron chi connectivity index (χ4n) is 1.92. The van der Waals surface area contributed by atoms with E-state index < -0.39 is 0 Å². The molecule has 19 heavy (non-hydrogen) atoms. The second-order valence-corrected chi connectivity index (χ2v) is 5.27. The zero-order chi connectivity index (χ0) is 14.0. The van der Waals surface area contributed by atoms with Crippen LogP contribution < -0.4 is 10.6 Å². The van der Waals surface area contributed by atoms with Crippen LogP contribution >= 0.6 is 23.8 Å². The van der Waals surface area contributed by atoms with Crippen LogP contribution in [0.4, 0.5) is 5.69 Å². The summed E-state index contributed by atoms with van der Waals surface area (Å²) in [6.45, 7) is 2.55. The van der Waals surface area contributed by atoms with Gasteiger partial charge in [0, 0.05) is 23.3 Å². The van der Waals surface area contributed by atoms with Crippen LogP contribution in [0, 0.1) is 6.92 Å². The molecule has 5 heteroatoms. The van der Waals surface area contributed by atoms with E-state index in [9.17, 15) is 0 Å². The number of furan rings is 1. The number of hydrogen-bond donors (Lipinski definition) is 1. The summed E-state index contributed by atoms with van der Waals surface area (Å²) in [5.41, 5.74) is 7.45. The number of nitrogens with zero attached hydrogens (tertiary/aromatic N) is 1. The molecular formula is C14H15ClN2OS. The fraction of sp³-hybridized carbons (Fsp3) is 0.214. The van der Waals surface area contributed by atoms with Crippen LogP contribution in [0.25, 0.3) is 0 Å². The number of nitrogens with two attached hydrogens (primary N) is 1. The minimum atomic E-state index is 0.356. The Bertz CT molecular complexity index is 609. The van der Waals surface area contributed by atoms with Gasteiger partial charge in [-0.15, -0.1) is 0 Å². The molecule has 1 aromatic carbocycles. The molecule has 1 heterocycles. The number of aryl methyl sites for hydroxylation is 1. The second-order valence-electron chi connectivity index (χ2n) is 4.39. The summed E-state index contributed by atoms with van der Waals surface area (Å²) >= 11 is 11.1. The van der Waals surface area contributed by atoms with E-state index >= 15 is 0 Å². The maximum atomic E-state index is 6.04. The maximum Gasteiger partial charge on any atom is 0.123 e. The summed E-state index contributed by atoms with van der Waals surface area (Å²) in [7, 11) is 1.95. The second kappa shape index (κ2) is 5.63. The quantitative estimate of drug-likeness (QED) is 0.876. The van der Waals surface area contributed by atoms with Crippen molar-refractivity contribution in [1.29, 1.82) is 0 Å². The smallest absolute Gasteiger partial charge is 0.123 e. The van der Waals surface area contributed by atoms with Gasteiger partial charge in [0.2, 0.25) is 0 Å². The van der Waals surface area contributed by atoms with E-state index in [-0.39, 0.29) is 0 Å². The molecule has 2 N–H and O–H groups in total. The molecule has 0 amide bonds. The van der Waals surface area contributed by atoms with Gasteiger partial charge >= 0.3 is 0 Å². The third kappa shape index (κ3) is 3.28. The van der Waals surface area contributed by atoms with Gasteiger partial charge in [0.25, 0.3) is 0 Å². The molecule has 0 unspecified atom stereocenters. The van der Waals surface area contributed by atoms with Crippen LogP contribution in [0.3, 0.4) is 0 Å². The van der Waals surface area contributed by atoms with Crippen LogP contribution in [0.15, 0.2) is 34.7 Å². The summed E-state index contributed by atoms with van der Waals surface area (Å²) in [6.07, 6.45) is 0. The predicted octanol–water partition coefficient (Wildman–Crippen LogP) is 3.51. The SMILES string of the molecule is Cc1ccc(CN(C)c2cc(Cl)ccc2C(N)=S)o1. The van der Waals surface area contributed by atoms with Gasteiger partial charge in [-0.3, -0.25) is 0 Å². The Morgan fingerprint density at radius 1 is 1.37 bits per heavy atom. The van der Waals surface area contributed by atoms with Gasteiger partial charge in [-0.1, -0.05) is 23.8 Å². The van der Waals surface area contributed by atoms with Crippen molar-refractivity contribution in [2.45, 2.75) is 13.5 Å². The van der Waals surface area contributed by atoms with Gasteiger partial charge < -0.3 is 15.1 Å². The lowest BCUT2D eigenvalue weighted by molar-refractivity contribution is 0.482. The molecule has 2 aromatic rings. The lowest BCUT2D eigenvalue weighted by Crippen LogP contribution is -2.21. The van der Waals surface area contributed by atoms with Crippen LogP contribution in [-0.2, 0) is 6.54 Å². The summed E-state index contributed by atoms with van der Waals surface area (Å²) < 4.78 is 5.57. The van der Waals surface area contributed by atoms with Gasteiger partial charge in [0.05, 0.1) is 6.54 Å². The lowest BCUT2D eigenvalue weighted by atomic mass is 10.1. The molecule has 0 fully saturated rings. The molecule has 0 aliphatic carbocycles. The van der Waals surface area contributed by atoms with Crippen molar-refractivity contribution in [2.75, 3.05) is 11.9 Å². The van der Waals surface area contributed by atoms with Gasteiger partial charge in [-0.2, -0.15) is 0 Å². The molecule has 0 aliphatic heterocycles. The zero-order valence-electron chi connectivity index (χ0n) is 10.8. The van der Waals surface area contributed by atoms with E-state index in [2.05, 4.69) is 0 Å². The van der Waals surface area contributed by atoms with Crippen molar-refractivity contribution in [3.8, 4) is 0 Å². The number of thiocarbonyl (C=S) groups is 1. The zero-order valence-corrected chi connectivity index (χ0v) is 12.4. The number of anilines is 1. The third-order valence-electron chi connectivity index (χ3n) is 2.83. The molecule has 1 aromatic heterocycles. The van der Waals surface area contributed by atoms with Crippen LogP contribution in [0.1, 0.15) is 17.1 Å². The molecule has 0 saturated heterocycles. The molecule has 100 valence electrons. The molecular weight excluding hydrogens is 280 g/mol. The fourth-order valence-corrected chi connectivity index (χ4v) is 2.26. The first-order chi connectivity index (χ1) is 8.97. The topological polar surface area (TPSA) is 42.4 Å². The highest BCUT2D eigenvalue weighted by atomic mass is 35.5. The van der Waals surface area contributed by atoms with E-state index in [1.807, 2.05) is 43.1 Å². The minimum absolute atomic E-state index is 0.356. The van der Waals surface area contributed by atoms with Gasteiger partial charge in [0.15, 0.2) is 0 Å². The summed E-state index contributed by atoms with van der Waals surface area (Å²) in [6, 6.07) is 9.37. The van der Waals surface area contributed by atoms with Crippen molar-refractivity contribution in [3.63, 3.8) is 0 Å². The maximum absolute atomic E-state index is 6.04. The first-order valence-corrected chi connectivity index (χ1v) is 6.62. The number of halogens is 1. The van der Waals surface area contributed by atoms with E-state index in [1.54, 1.807) is 6.07 Å². The Morgan fingerprint density at radius 2 is 2.11 bits per heavy atom. The normalized spacial score (nSPS) is 10.5. The monoisotopic (exact) mass is 294 g/mol. The van der Waals surface area contributed by atoms with Gasteiger partial charge in [-0.25, -0.2) is 0 Å². The van der Waals surface area contributed by atoms with Crippen LogP contribution in [0.5, 0.6) is 0 Å². The largest absolute Gasteiger partial charge is 0.464 e. The molecule has 0 bridgehead atoms. The molecule has 2 rings (SSSR count). The average molecular weight is 295 g/mol. The standard InChI is InChI=1S/C14H15ClN2OS/c1-9-3-5-11(18-9)8-17(2)13-7-10(15)4-6-12(13)14(16)19/h3-7H,8H2,1-2H3,(H2,16,19). The van der Waals surface area contributed by atoms with E-state index in [1.165, 1.54) is 0 Å². The van der Waals surface area contributed by atoms with Gasteiger partial charge in [-0.05, 0) is 37.3 Å². The number of hydrogen-bond acceptors (Lipinski definition) is 3. The average Bonchev–Trinajstić information content (AvgIpc) is 2.74. The Balaban J connectivity index is 2.29. The highest BCUT2D eigenvalue weighted by Crippen LogP contribution is 2.25. The molecule has 0 atom stereocenters. The Labute approximate surface area is 123 Å². The Kier molecular flexibility index (Phi) is 4.12. The Hall–Kier alpha value is -1.52. The summed E-state index contributed by atoms with van der Waals surface area (Å²) in [5.74, 6) is 1.78. The molecule has 0 aliphatic rings. The van der Waals surface area contributed by atoms with E-state index in [4.69, 9.17) is 34.0 Å². The van der Waals surface area contributed by atoms with Crippen molar-refractivity contribution in [1.82, 2.24) is 0 Å². The van der Waals surface area contributed by atoms with Crippen molar-refractivity contribution >= 4 is 34.5 Å². The minimum Gasteiger partial charge on any atom is -0.464 e. The van der Waals surface area contributed by atoms with Crippen molar-refractivity contribution in [2.24, 2.45) is 5.73 Å². The Morgan fingerprint density at radius 3 is 2.68 bits per heavy atom. The summed E-state index contributed by atoms with van der Waals surface area (Å²) in [4.78, 5) is 2.37. The predicted molar refractivity (Wildman–Crippen MR) is 82.9 cm³/mol. The summed E-state index contributed by atoms with van der Waals surface area (Å²) in [5, 5.41) is 0.650. The van der Waals surface area contributed by atoms with Crippen molar-refractivity contribution < 1.29 is 4.42 Å². The van der Waals surface area contributed by atoms with E-state index in [0.29, 0.717) is 16.6 Å². The number of benzene rings is 1. The van der Waals surface area contributed by atoms with Gasteiger partial charge in [0.1, 0.15) is 16.5 Å². The van der Waals surface area contributed by atoms with E-state index in [0.717, 1.165) is 22.8 Å². The number of rotatable bonds is 4. The highest BCUT2D eigenvalue weighted by Gasteiger charge is 2.12. The highest BCUT2D eigenvalue weighted by molar-refractivity contribution is 7.80.